The summed E-state index contributed by atoms with van der Waals surface area (Å²) < 4.78 is 26.9. The Morgan fingerprint density at radius 1 is 0.952 bits per heavy atom. The molecule has 1 fully saturated rings. The first-order valence-electron chi connectivity index (χ1n) is 22.4. The topological polar surface area (TPSA) is 163 Å². The zero-order valence-electron chi connectivity index (χ0n) is 37.6. The number of unbranched alkanes of at least 4 members (excludes halogenated alkanes) is 2. The van der Waals surface area contributed by atoms with Crippen LogP contribution in [-0.4, -0.2) is 95.5 Å². The number of carbonyl (C=O) groups is 1. The highest BCUT2D eigenvalue weighted by Gasteiger charge is 2.65. The van der Waals surface area contributed by atoms with Crippen molar-refractivity contribution >= 4 is 11.6 Å². The number of hydrogen-bond acceptors (Lipinski definition) is 11. The van der Waals surface area contributed by atoms with Crippen LogP contribution < -0.4 is 9.47 Å². The van der Waals surface area contributed by atoms with E-state index in [9.17, 15) is 20.6 Å². The molecule has 3 aromatic carbocycles. The molecule has 3 N–H and O–H groups in total. The van der Waals surface area contributed by atoms with Gasteiger partial charge in [0.05, 0.1) is 49.7 Å². The van der Waals surface area contributed by atoms with Gasteiger partial charge in [0, 0.05) is 43.2 Å². The number of oxime groups is 1. The lowest BCUT2D eigenvalue weighted by Gasteiger charge is -2.60. The molecule has 0 spiro atoms. The molecule has 0 unspecified atom stereocenters. The maximum atomic E-state index is 15.1. The van der Waals surface area contributed by atoms with Gasteiger partial charge in [0.15, 0.2) is 0 Å². The Bertz CT molecular complexity index is 2140. The lowest BCUT2D eigenvalue weighted by molar-refractivity contribution is -0.254. The highest BCUT2D eigenvalue weighted by Crippen LogP contribution is 2.62. The minimum absolute atomic E-state index is 0.0225. The maximum absolute atomic E-state index is 15.1. The molecule has 1 saturated carbocycles. The van der Waals surface area contributed by atoms with E-state index in [-0.39, 0.29) is 76.3 Å². The fourth-order valence-corrected chi connectivity index (χ4v) is 9.40. The average molecular weight is 864 g/mol. The Hall–Kier alpha value is -5.03. The second-order valence-corrected chi connectivity index (χ2v) is 17.8. The molecule has 6 rings (SSSR count). The number of amides is 1. The van der Waals surface area contributed by atoms with Crippen LogP contribution in [-0.2, 0) is 14.3 Å². The van der Waals surface area contributed by atoms with Crippen molar-refractivity contribution in [1.29, 1.82) is 5.26 Å². The van der Waals surface area contributed by atoms with Crippen molar-refractivity contribution in [2.24, 2.45) is 22.9 Å². The summed E-state index contributed by atoms with van der Waals surface area (Å²) in [4.78, 5) is 23.1. The fraction of sp³-hybridized carbons (Fsp3) is 0.510. The number of ether oxygens (including phenoxy) is 4. The molecule has 63 heavy (non-hydrogen) atoms. The Kier molecular flexibility index (Phi) is 16.2. The van der Waals surface area contributed by atoms with E-state index in [1.54, 1.807) is 35.2 Å². The van der Waals surface area contributed by atoms with Crippen LogP contribution in [0.25, 0.3) is 0 Å². The summed E-state index contributed by atoms with van der Waals surface area (Å²) in [6.07, 6.45) is 8.70. The van der Waals surface area contributed by atoms with Gasteiger partial charge in [-0.1, -0.05) is 36.2 Å². The zero-order valence-corrected chi connectivity index (χ0v) is 37.6. The number of aryl methyl sites for hydroxylation is 2. The van der Waals surface area contributed by atoms with Crippen molar-refractivity contribution in [2.75, 3.05) is 46.2 Å². The Morgan fingerprint density at radius 2 is 1.67 bits per heavy atom. The summed E-state index contributed by atoms with van der Waals surface area (Å²) in [5, 5.41) is 44.1. The van der Waals surface area contributed by atoms with Crippen LogP contribution >= 0.6 is 0 Å². The van der Waals surface area contributed by atoms with Gasteiger partial charge in [-0.2, -0.15) is 5.26 Å². The maximum Gasteiger partial charge on any atom is 0.254 e. The van der Waals surface area contributed by atoms with Gasteiger partial charge in [-0.3, -0.25) is 4.79 Å². The van der Waals surface area contributed by atoms with Crippen LogP contribution in [0.1, 0.15) is 104 Å². The number of nitrogens with zero attached hydrogens (tertiary/aromatic N) is 3. The van der Waals surface area contributed by atoms with E-state index < -0.39 is 23.3 Å². The second-order valence-electron chi connectivity index (χ2n) is 17.8. The predicted octanol–water partition coefficient (Wildman–Crippen LogP) is 8.55. The number of hydrogen-bond donors (Lipinski definition) is 3. The molecular formula is C51H65N3O9. The average Bonchev–Trinajstić information content (AvgIpc) is 3.27. The summed E-state index contributed by atoms with van der Waals surface area (Å²) in [7, 11) is 0. The molecule has 12 heteroatoms. The van der Waals surface area contributed by atoms with Crippen LogP contribution in [0.5, 0.6) is 17.2 Å². The number of nitriles is 1. The van der Waals surface area contributed by atoms with E-state index in [1.807, 2.05) is 51.1 Å². The number of carbonyl (C=O) groups excluding carboxylic acids is 1. The lowest BCUT2D eigenvalue weighted by Crippen LogP contribution is -2.70. The van der Waals surface area contributed by atoms with Gasteiger partial charge in [-0.25, -0.2) is 0 Å². The molecule has 0 saturated heterocycles. The van der Waals surface area contributed by atoms with Gasteiger partial charge >= 0.3 is 0 Å². The summed E-state index contributed by atoms with van der Waals surface area (Å²) in [6.45, 7) is 14.4. The first kappa shape index (κ1) is 47.4. The monoisotopic (exact) mass is 863 g/mol. The second kappa shape index (κ2) is 21.6. The van der Waals surface area contributed by atoms with Crippen LogP contribution in [0.15, 0.2) is 90.1 Å². The Balaban J connectivity index is 1.62. The first-order chi connectivity index (χ1) is 30.4. The summed E-state index contributed by atoms with van der Waals surface area (Å²) in [5.41, 5.74) is 4.99. The van der Waals surface area contributed by atoms with Crippen molar-refractivity contribution in [3.05, 3.63) is 113 Å². The third-order valence-electron chi connectivity index (χ3n) is 12.4. The van der Waals surface area contributed by atoms with Crippen LogP contribution in [0.2, 0.25) is 0 Å². The predicted molar refractivity (Wildman–Crippen MR) is 242 cm³/mol. The van der Waals surface area contributed by atoms with Gasteiger partial charge in [0.2, 0.25) is 5.79 Å². The van der Waals surface area contributed by atoms with Gasteiger partial charge < -0.3 is 44.0 Å². The molecule has 2 aliphatic carbocycles. The highest BCUT2D eigenvalue weighted by atomic mass is 16.7. The third kappa shape index (κ3) is 11.0. The minimum atomic E-state index is -1.49. The highest BCUT2D eigenvalue weighted by molar-refractivity contribution is 6.03. The van der Waals surface area contributed by atoms with Crippen LogP contribution in [0.3, 0.4) is 0 Å². The number of allylic oxidation sites excluding steroid dienone is 1. The normalized spacial score (nSPS) is 23.1. The lowest BCUT2D eigenvalue weighted by atomic mass is 9.55. The molecule has 0 radical (unpaired) electrons. The minimum Gasteiger partial charge on any atom is -0.459 e. The number of benzene rings is 3. The molecule has 3 aromatic rings. The number of aliphatic hydroxyl groups excluding tert-OH is 3. The number of fused-ring (bicyclic) bond motifs is 2. The fourth-order valence-electron chi connectivity index (χ4n) is 9.40. The molecule has 6 atom stereocenters. The van der Waals surface area contributed by atoms with Crippen molar-refractivity contribution < 1.29 is 43.9 Å². The number of aliphatic hydroxyl groups is 3. The van der Waals surface area contributed by atoms with E-state index in [0.29, 0.717) is 41.2 Å². The molecule has 1 heterocycles. The van der Waals surface area contributed by atoms with E-state index in [0.717, 1.165) is 48.1 Å². The van der Waals surface area contributed by atoms with E-state index in [2.05, 4.69) is 38.6 Å². The molecular weight excluding hydrogens is 799 g/mol. The van der Waals surface area contributed by atoms with Gasteiger partial charge in [-0.05, 0) is 143 Å². The molecule has 0 bridgehead atoms. The van der Waals surface area contributed by atoms with Crippen LogP contribution in [0, 0.1) is 42.9 Å². The Morgan fingerprint density at radius 3 is 2.33 bits per heavy atom. The Labute approximate surface area is 372 Å². The molecule has 338 valence electrons. The largest absolute Gasteiger partial charge is 0.459 e. The smallest absolute Gasteiger partial charge is 0.254 e. The van der Waals surface area contributed by atoms with Gasteiger partial charge in [0.1, 0.15) is 28.9 Å². The summed E-state index contributed by atoms with van der Waals surface area (Å²) >= 11 is 0. The molecule has 0 aromatic heterocycles. The molecule has 3 aliphatic rings. The van der Waals surface area contributed by atoms with Crippen LogP contribution in [0.4, 0.5) is 0 Å². The van der Waals surface area contributed by atoms with Crippen molar-refractivity contribution in [1.82, 2.24) is 4.90 Å². The van der Waals surface area contributed by atoms with Gasteiger partial charge in [-0.15, -0.1) is 6.58 Å². The quantitative estimate of drug-likeness (QED) is 0.0537. The molecule has 12 nitrogen and oxygen atoms in total. The zero-order chi connectivity index (χ0) is 45.1. The van der Waals surface area contributed by atoms with E-state index >= 15 is 4.79 Å². The standard InChI is InChI=1S/C51H65N3O9/c1-7-26-60-51-46(54(22-27-59-28-25-57)49(58)37-17-15-36(33-52)16-18-37)32-44(53-63-50(4,5)6)42-30-38(12-8-10-23-55)41(13-9-11-24-56)47(48(42)51)43-31-40(20-21-45(43)62-51)61-39-19-14-34(2)35(3)29-39/h7,14-21,29-31,38,41,46-48,55-57H,1,8-13,22-28,32H2,2-6H3/t38-,41+,46-,47+,48+,51+/m0/s1. The van der Waals surface area contributed by atoms with Gasteiger partial charge in [0.25, 0.3) is 5.91 Å². The van der Waals surface area contributed by atoms with Crippen molar-refractivity contribution in [3.8, 4) is 23.3 Å². The summed E-state index contributed by atoms with van der Waals surface area (Å²) in [5.74, 6) is -0.525. The SMILES string of the molecule is C=CCO[C@@]12Oc3ccc(Oc4ccc(C)c(C)c4)cc3[C@H]3[C@H](CCCCO)[C@@H](CCCCO)C=C(C(=NOC(C)(C)C)C[C@@H]1N(CCOCCO)C(=O)c1ccc(C#N)cc1)[C@H]32. The number of rotatable bonds is 21. The molecule has 1 aliphatic heterocycles. The first-order valence-corrected chi connectivity index (χ1v) is 22.4. The van der Waals surface area contributed by atoms with Crippen molar-refractivity contribution in [3.63, 3.8) is 0 Å². The summed E-state index contributed by atoms with van der Waals surface area (Å²) in [6, 6.07) is 19.9. The van der Waals surface area contributed by atoms with E-state index in [4.69, 9.17) is 28.9 Å². The van der Waals surface area contributed by atoms with E-state index in [1.165, 1.54) is 5.56 Å². The molecule has 1 amide bonds. The third-order valence-corrected chi connectivity index (χ3v) is 12.4. The van der Waals surface area contributed by atoms with Crippen molar-refractivity contribution in [2.45, 2.75) is 103 Å².